The molecule has 0 bridgehead atoms. The van der Waals surface area contributed by atoms with Gasteiger partial charge in [0, 0.05) is 21.7 Å². The highest BCUT2D eigenvalue weighted by atomic mass is 31.2. The molecular formula is C21H28NO3P. The van der Waals surface area contributed by atoms with Crippen molar-refractivity contribution in [3.8, 4) is 0 Å². The second-order valence-corrected chi connectivity index (χ2v) is 10.6. The smallest absolute Gasteiger partial charge is 0.261 e. The van der Waals surface area contributed by atoms with Crippen molar-refractivity contribution >= 4 is 18.0 Å². The summed E-state index contributed by atoms with van der Waals surface area (Å²) in [5.74, 6) is 0. The van der Waals surface area contributed by atoms with Gasteiger partial charge in [0.1, 0.15) is 0 Å². The Hall–Kier alpha value is -1.45. The van der Waals surface area contributed by atoms with Crippen LogP contribution in [0.4, 0.5) is 0 Å². The van der Waals surface area contributed by atoms with Gasteiger partial charge < -0.3 is 9.73 Å². The molecule has 5 heteroatoms. The molecule has 0 unspecified atom stereocenters. The van der Waals surface area contributed by atoms with Gasteiger partial charge in [-0.15, -0.1) is 0 Å². The predicted octanol–water partition coefficient (Wildman–Crippen LogP) is 4.34. The predicted molar refractivity (Wildman–Crippen MR) is 106 cm³/mol. The molecule has 1 aliphatic heterocycles. The van der Waals surface area contributed by atoms with Crippen LogP contribution in [0.5, 0.6) is 0 Å². The summed E-state index contributed by atoms with van der Waals surface area (Å²) in [5.41, 5.74) is -0.907. The topological polar surface area (TPSA) is 49.8 Å². The van der Waals surface area contributed by atoms with E-state index in [0.717, 1.165) is 0 Å². The maximum Gasteiger partial charge on any atom is 0.261 e. The number of hydrogen-bond acceptors (Lipinski definition) is 4. The van der Waals surface area contributed by atoms with Crippen LogP contribution in [-0.2, 0) is 9.09 Å². The van der Waals surface area contributed by atoms with Crippen LogP contribution < -0.4 is 10.6 Å². The average molecular weight is 373 g/mol. The van der Waals surface area contributed by atoms with Crippen molar-refractivity contribution in [3.05, 3.63) is 60.7 Å². The number of benzene rings is 2. The molecule has 0 aliphatic carbocycles. The molecule has 3 rings (SSSR count). The Morgan fingerprint density at radius 2 is 1.27 bits per heavy atom. The Kier molecular flexibility index (Phi) is 5.15. The average Bonchev–Trinajstić information content (AvgIpc) is 2.60. The third-order valence-corrected chi connectivity index (χ3v) is 7.64. The maximum atomic E-state index is 14.1. The summed E-state index contributed by atoms with van der Waals surface area (Å²) in [6.07, 6.45) is 1.00. The third kappa shape index (κ3) is 3.65. The van der Waals surface area contributed by atoms with Gasteiger partial charge in [-0.25, -0.2) is 0 Å². The first kappa shape index (κ1) is 19.3. The lowest BCUT2D eigenvalue weighted by molar-refractivity contribution is -0.254. The van der Waals surface area contributed by atoms with Gasteiger partial charge in [-0.2, -0.15) is 5.06 Å². The SMILES string of the molecule is CC1(C)CC(OP(=O)(c2ccccc2)c2ccccc2)CC(C)(C)N1O. The Bertz CT molecular complexity index is 728. The van der Waals surface area contributed by atoms with Crippen LogP contribution in [0.1, 0.15) is 40.5 Å². The zero-order chi connectivity index (χ0) is 19.0. The Balaban J connectivity index is 1.99. The molecule has 26 heavy (non-hydrogen) atoms. The van der Waals surface area contributed by atoms with Gasteiger partial charge in [-0.05, 0) is 64.8 Å². The van der Waals surface area contributed by atoms with Gasteiger partial charge >= 0.3 is 0 Å². The van der Waals surface area contributed by atoms with Crippen LogP contribution in [0.3, 0.4) is 0 Å². The molecule has 2 aromatic rings. The van der Waals surface area contributed by atoms with Gasteiger partial charge in [-0.3, -0.25) is 4.57 Å². The lowest BCUT2D eigenvalue weighted by atomic mass is 9.80. The third-order valence-electron chi connectivity index (χ3n) is 5.09. The normalized spacial score (nSPS) is 20.8. The van der Waals surface area contributed by atoms with Crippen LogP contribution >= 0.6 is 7.37 Å². The van der Waals surface area contributed by atoms with Gasteiger partial charge in [-0.1, -0.05) is 36.4 Å². The van der Waals surface area contributed by atoms with Crippen molar-refractivity contribution in [1.82, 2.24) is 5.06 Å². The number of piperidine rings is 1. The molecule has 2 aromatic carbocycles. The molecular weight excluding hydrogens is 345 g/mol. The molecule has 1 saturated heterocycles. The van der Waals surface area contributed by atoms with Crippen LogP contribution in [0, 0.1) is 0 Å². The molecule has 0 radical (unpaired) electrons. The molecule has 140 valence electrons. The van der Waals surface area contributed by atoms with E-state index in [0.29, 0.717) is 23.5 Å². The fourth-order valence-electron chi connectivity index (χ4n) is 3.98. The molecule has 1 aliphatic rings. The van der Waals surface area contributed by atoms with Gasteiger partial charge in [0.05, 0.1) is 6.10 Å². The summed E-state index contributed by atoms with van der Waals surface area (Å²) in [5, 5.41) is 13.3. The monoisotopic (exact) mass is 373 g/mol. The van der Waals surface area contributed by atoms with Crippen molar-refractivity contribution in [2.75, 3.05) is 0 Å². The standard InChI is InChI=1S/C21H28NO3P/c1-20(2)15-17(16-21(3,4)22(20)23)25-26(24,18-11-7-5-8-12-18)19-13-9-6-10-14-19/h5-14,17,23H,15-16H2,1-4H3. The number of hydrogen-bond donors (Lipinski definition) is 1. The van der Waals surface area contributed by atoms with E-state index >= 15 is 0 Å². The van der Waals surface area contributed by atoms with Crippen molar-refractivity contribution in [3.63, 3.8) is 0 Å². The molecule has 0 amide bonds. The van der Waals surface area contributed by atoms with Crippen LogP contribution in [-0.4, -0.2) is 27.5 Å². The van der Waals surface area contributed by atoms with Crippen LogP contribution in [0.25, 0.3) is 0 Å². The van der Waals surface area contributed by atoms with Crippen molar-refractivity contribution < 1.29 is 14.3 Å². The maximum absolute atomic E-state index is 14.1. The summed E-state index contributed by atoms with van der Waals surface area (Å²) in [7, 11) is -3.23. The summed E-state index contributed by atoms with van der Waals surface area (Å²) < 4.78 is 20.5. The molecule has 1 heterocycles. The first-order valence-corrected chi connectivity index (χ1v) is 10.7. The molecule has 1 fully saturated rings. The highest BCUT2D eigenvalue weighted by Gasteiger charge is 2.47. The van der Waals surface area contributed by atoms with Crippen LogP contribution in [0.15, 0.2) is 60.7 Å². The van der Waals surface area contributed by atoms with Crippen molar-refractivity contribution in [2.24, 2.45) is 0 Å². The fourth-order valence-corrected chi connectivity index (χ4v) is 6.22. The van der Waals surface area contributed by atoms with E-state index in [1.807, 2.05) is 88.4 Å². The quantitative estimate of drug-likeness (QED) is 0.810. The van der Waals surface area contributed by atoms with Crippen molar-refractivity contribution in [2.45, 2.75) is 57.7 Å². The lowest BCUT2D eigenvalue weighted by Gasteiger charge is -2.51. The summed E-state index contributed by atoms with van der Waals surface area (Å²) in [4.78, 5) is 0. The molecule has 0 atom stereocenters. The lowest BCUT2D eigenvalue weighted by Crippen LogP contribution is -2.60. The number of rotatable bonds is 4. The minimum absolute atomic E-state index is 0.213. The highest BCUT2D eigenvalue weighted by Crippen LogP contribution is 2.50. The number of hydroxylamine groups is 2. The summed E-state index contributed by atoms with van der Waals surface area (Å²) in [6.45, 7) is 7.95. The van der Waals surface area contributed by atoms with E-state index < -0.39 is 18.4 Å². The molecule has 0 aromatic heterocycles. The van der Waals surface area contributed by atoms with E-state index in [-0.39, 0.29) is 6.10 Å². The Morgan fingerprint density at radius 1 is 0.885 bits per heavy atom. The first-order chi connectivity index (χ1) is 12.2. The van der Waals surface area contributed by atoms with E-state index in [4.69, 9.17) is 4.52 Å². The molecule has 0 spiro atoms. The second-order valence-electron chi connectivity index (χ2n) is 8.29. The van der Waals surface area contributed by atoms with E-state index in [9.17, 15) is 9.77 Å². The molecule has 4 nitrogen and oxygen atoms in total. The highest BCUT2D eigenvalue weighted by molar-refractivity contribution is 7.74. The van der Waals surface area contributed by atoms with Gasteiger partial charge in [0.25, 0.3) is 7.37 Å². The zero-order valence-electron chi connectivity index (χ0n) is 15.9. The van der Waals surface area contributed by atoms with Gasteiger partial charge in [0.2, 0.25) is 0 Å². The Labute approximate surface area is 156 Å². The van der Waals surface area contributed by atoms with E-state index in [1.165, 1.54) is 5.06 Å². The Morgan fingerprint density at radius 3 is 1.65 bits per heavy atom. The summed E-state index contributed by atoms with van der Waals surface area (Å²) in [6, 6.07) is 18.8. The molecule has 0 saturated carbocycles. The van der Waals surface area contributed by atoms with Gasteiger partial charge in [0.15, 0.2) is 0 Å². The molecule has 1 N–H and O–H groups in total. The minimum Gasteiger partial charge on any atom is -0.319 e. The van der Waals surface area contributed by atoms with E-state index in [2.05, 4.69) is 0 Å². The summed E-state index contributed by atoms with van der Waals surface area (Å²) >= 11 is 0. The minimum atomic E-state index is -3.23. The second kappa shape index (κ2) is 6.94. The fraction of sp³-hybridized carbons (Fsp3) is 0.429. The van der Waals surface area contributed by atoms with Crippen molar-refractivity contribution in [1.29, 1.82) is 0 Å². The first-order valence-electron chi connectivity index (χ1n) is 9.04. The number of nitrogens with zero attached hydrogens (tertiary/aromatic N) is 1. The van der Waals surface area contributed by atoms with E-state index in [1.54, 1.807) is 0 Å². The largest absolute Gasteiger partial charge is 0.319 e. The van der Waals surface area contributed by atoms with Crippen LogP contribution in [0.2, 0.25) is 0 Å². The zero-order valence-corrected chi connectivity index (χ0v) is 16.8.